The van der Waals surface area contributed by atoms with Gasteiger partial charge in [0.25, 0.3) is 5.91 Å². The number of carbonyl (C=O) groups is 1. The van der Waals surface area contributed by atoms with Gasteiger partial charge in [0.1, 0.15) is 23.2 Å². The molecule has 0 fully saturated rings. The molecule has 2 heterocycles. The Hall–Kier alpha value is -3.47. The van der Waals surface area contributed by atoms with Crippen molar-refractivity contribution < 1.29 is 9.21 Å². The number of halogens is 1. The third-order valence-corrected chi connectivity index (χ3v) is 5.49. The van der Waals surface area contributed by atoms with E-state index in [0.717, 1.165) is 21.3 Å². The number of nitrogens with one attached hydrogen (secondary N) is 1. The van der Waals surface area contributed by atoms with E-state index in [0.29, 0.717) is 16.7 Å². The van der Waals surface area contributed by atoms with Crippen LogP contribution in [0, 0.1) is 11.3 Å². The van der Waals surface area contributed by atoms with Crippen LogP contribution in [0.15, 0.2) is 86.6 Å². The number of nitriles is 1. The predicted octanol–water partition coefficient (Wildman–Crippen LogP) is 6.38. The van der Waals surface area contributed by atoms with E-state index in [2.05, 4.69) is 26.2 Å². The lowest BCUT2D eigenvalue weighted by molar-refractivity contribution is -0.112. The monoisotopic (exact) mass is 475 g/mol. The highest BCUT2D eigenvalue weighted by atomic mass is 79.9. The summed E-state index contributed by atoms with van der Waals surface area (Å²) in [5.74, 6) is 0.538. The number of furan rings is 1. The van der Waals surface area contributed by atoms with Crippen molar-refractivity contribution in [1.29, 1.82) is 5.26 Å². The predicted molar refractivity (Wildman–Crippen MR) is 122 cm³/mol. The van der Waals surface area contributed by atoms with E-state index in [1.165, 1.54) is 17.4 Å². The molecule has 0 unspecified atom stereocenters. The Morgan fingerprint density at radius 3 is 2.57 bits per heavy atom. The van der Waals surface area contributed by atoms with Crippen LogP contribution in [0.25, 0.3) is 28.7 Å². The highest BCUT2D eigenvalue weighted by Gasteiger charge is 2.14. The number of hydrogen-bond acceptors (Lipinski definition) is 5. The van der Waals surface area contributed by atoms with Crippen LogP contribution in [0.1, 0.15) is 5.76 Å². The third-order valence-electron chi connectivity index (χ3n) is 4.20. The summed E-state index contributed by atoms with van der Waals surface area (Å²) in [6, 6.07) is 22.8. The lowest BCUT2D eigenvalue weighted by atomic mass is 10.2. The van der Waals surface area contributed by atoms with Crippen LogP contribution in [0.3, 0.4) is 0 Å². The fourth-order valence-corrected chi connectivity index (χ4v) is 3.71. The van der Waals surface area contributed by atoms with Gasteiger partial charge in [0.2, 0.25) is 0 Å². The standard InChI is InChI=1S/C23H14BrN3O2S/c24-18-8-6-16(7-9-18)21-11-10-19(29-21)12-17(13-25)22(28)27-23-26-20(14-30-23)15-4-2-1-3-5-15/h1-12,14H,(H,26,27,28)/b17-12-. The zero-order valence-corrected chi connectivity index (χ0v) is 17.9. The second-order valence-electron chi connectivity index (χ2n) is 6.24. The van der Waals surface area contributed by atoms with Crippen molar-refractivity contribution in [3.05, 3.63) is 87.9 Å². The lowest BCUT2D eigenvalue weighted by Gasteiger charge is -2.00. The summed E-state index contributed by atoms with van der Waals surface area (Å²) in [6.45, 7) is 0. The Kier molecular flexibility index (Phi) is 5.89. The number of thiazole rings is 1. The average molecular weight is 476 g/mol. The number of aromatic nitrogens is 1. The highest BCUT2D eigenvalue weighted by molar-refractivity contribution is 9.10. The second-order valence-corrected chi connectivity index (χ2v) is 8.01. The summed E-state index contributed by atoms with van der Waals surface area (Å²) in [5, 5.41) is 14.4. The van der Waals surface area contributed by atoms with Gasteiger partial charge in [-0.25, -0.2) is 4.98 Å². The van der Waals surface area contributed by atoms with E-state index in [-0.39, 0.29) is 5.57 Å². The minimum Gasteiger partial charge on any atom is -0.457 e. The van der Waals surface area contributed by atoms with E-state index in [1.54, 1.807) is 12.1 Å². The van der Waals surface area contributed by atoms with Gasteiger partial charge in [-0.1, -0.05) is 58.4 Å². The summed E-state index contributed by atoms with van der Waals surface area (Å²) in [5.41, 5.74) is 2.56. The molecule has 2 aromatic heterocycles. The van der Waals surface area contributed by atoms with Crippen molar-refractivity contribution in [3.8, 4) is 28.7 Å². The van der Waals surface area contributed by atoms with Gasteiger partial charge in [-0.2, -0.15) is 5.26 Å². The maximum atomic E-state index is 12.5. The number of nitrogens with zero attached hydrogens (tertiary/aromatic N) is 2. The summed E-state index contributed by atoms with van der Waals surface area (Å²) in [4.78, 5) is 16.9. The molecule has 146 valence electrons. The van der Waals surface area contributed by atoms with Crippen LogP contribution in [-0.4, -0.2) is 10.9 Å². The first-order valence-corrected chi connectivity index (χ1v) is 10.6. The Balaban J connectivity index is 1.49. The number of anilines is 1. The Bertz CT molecular complexity index is 1250. The number of hydrogen-bond donors (Lipinski definition) is 1. The second kappa shape index (κ2) is 8.91. The van der Waals surface area contributed by atoms with Crippen LogP contribution >= 0.6 is 27.3 Å². The fourth-order valence-electron chi connectivity index (χ4n) is 2.73. The topological polar surface area (TPSA) is 78.9 Å². The minimum absolute atomic E-state index is 0.0665. The minimum atomic E-state index is -0.534. The molecule has 4 rings (SSSR count). The Morgan fingerprint density at radius 1 is 1.07 bits per heavy atom. The summed E-state index contributed by atoms with van der Waals surface area (Å²) < 4.78 is 6.74. The van der Waals surface area contributed by atoms with Crippen LogP contribution in [0.2, 0.25) is 0 Å². The van der Waals surface area contributed by atoms with Crippen molar-refractivity contribution in [2.45, 2.75) is 0 Å². The summed E-state index contributed by atoms with van der Waals surface area (Å²) in [6.07, 6.45) is 1.42. The lowest BCUT2D eigenvalue weighted by Crippen LogP contribution is -2.13. The van der Waals surface area contributed by atoms with Crippen LogP contribution in [-0.2, 0) is 4.79 Å². The number of amides is 1. The molecule has 0 bridgehead atoms. The van der Waals surface area contributed by atoms with Gasteiger partial charge in [-0.15, -0.1) is 11.3 Å². The van der Waals surface area contributed by atoms with Gasteiger partial charge in [0.05, 0.1) is 5.69 Å². The van der Waals surface area contributed by atoms with E-state index in [1.807, 2.05) is 66.0 Å². The van der Waals surface area contributed by atoms with Crippen LogP contribution in [0.4, 0.5) is 5.13 Å². The molecule has 0 aliphatic rings. The van der Waals surface area contributed by atoms with Crippen molar-refractivity contribution in [1.82, 2.24) is 4.98 Å². The average Bonchev–Trinajstić information content (AvgIpc) is 3.43. The van der Waals surface area contributed by atoms with Crippen molar-refractivity contribution in [2.24, 2.45) is 0 Å². The molecule has 0 aliphatic carbocycles. The van der Waals surface area contributed by atoms with Gasteiger partial charge < -0.3 is 4.42 Å². The normalized spacial score (nSPS) is 11.1. The molecule has 30 heavy (non-hydrogen) atoms. The van der Waals surface area contributed by atoms with Crippen molar-refractivity contribution in [3.63, 3.8) is 0 Å². The molecular weight excluding hydrogens is 462 g/mol. The molecule has 5 nitrogen and oxygen atoms in total. The van der Waals surface area contributed by atoms with Gasteiger partial charge in [-0.3, -0.25) is 10.1 Å². The Morgan fingerprint density at radius 2 is 1.83 bits per heavy atom. The largest absolute Gasteiger partial charge is 0.457 e. The molecule has 1 N–H and O–H groups in total. The van der Waals surface area contributed by atoms with Crippen LogP contribution in [0.5, 0.6) is 0 Å². The number of benzene rings is 2. The van der Waals surface area contributed by atoms with E-state index < -0.39 is 5.91 Å². The van der Waals surface area contributed by atoms with E-state index >= 15 is 0 Å². The first kappa shape index (κ1) is 19.8. The molecule has 1 amide bonds. The first-order chi connectivity index (χ1) is 14.6. The molecule has 0 atom stereocenters. The molecule has 0 radical (unpaired) electrons. The van der Waals surface area contributed by atoms with Crippen molar-refractivity contribution >= 4 is 44.4 Å². The van der Waals surface area contributed by atoms with Gasteiger partial charge in [-0.05, 0) is 24.3 Å². The maximum Gasteiger partial charge on any atom is 0.268 e. The third kappa shape index (κ3) is 4.57. The van der Waals surface area contributed by atoms with Crippen LogP contribution < -0.4 is 5.32 Å². The molecule has 4 aromatic rings. The Labute approximate surface area is 185 Å². The van der Waals surface area contributed by atoms with Gasteiger partial charge >= 0.3 is 0 Å². The van der Waals surface area contributed by atoms with Gasteiger partial charge in [0, 0.05) is 27.1 Å². The molecule has 0 aliphatic heterocycles. The van der Waals surface area contributed by atoms with Crippen molar-refractivity contribution in [2.75, 3.05) is 5.32 Å². The van der Waals surface area contributed by atoms with E-state index in [9.17, 15) is 10.1 Å². The molecule has 7 heteroatoms. The zero-order valence-electron chi connectivity index (χ0n) is 15.5. The quantitative estimate of drug-likeness (QED) is 0.268. The SMILES string of the molecule is N#C/C(=C/c1ccc(-c2ccc(Br)cc2)o1)C(=O)Nc1nc(-c2ccccc2)cs1. The fraction of sp³-hybridized carbons (Fsp3) is 0. The smallest absolute Gasteiger partial charge is 0.268 e. The molecule has 0 spiro atoms. The number of carbonyl (C=O) groups excluding carboxylic acids is 1. The highest BCUT2D eigenvalue weighted by Crippen LogP contribution is 2.26. The summed E-state index contributed by atoms with van der Waals surface area (Å²) in [7, 11) is 0. The van der Waals surface area contributed by atoms with Gasteiger partial charge in [0.15, 0.2) is 5.13 Å². The molecule has 0 saturated heterocycles. The number of rotatable bonds is 5. The summed E-state index contributed by atoms with van der Waals surface area (Å²) >= 11 is 4.70. The maximum absolute atomic E-state index is 12.5. The molecular formula is C23H14BrN3O2S. The van der Waals surface area contributed by atoms with E-state index in [4.69, 9.17) is 4.42 Å². The molecule has 0 saturated carbocycles. The first-order valence-electron chi connectivity index (χ1n) is 8.92. The molecule has 2 aromatic carbocycles. The zero-order chi connectivity index (χ0) is 20.9.